The molecule has 134 valence electrons. The van der Waals surface area contributed by atoms with E-state index in [1.165, 1.54) is 12.4 Å². The van der Waals surface area contributed by atoms with Gasteiger partial charge in [0, 0.05) is 37.6 Å². The molecule has 0 aliphatic carbocycles. The van der Waals surface area contributed by atoms with Gasteiger partial charge in [0.25, 0.3) is 0 Å². The van der Waals surface area contributed by atoms with Crippen molar-refractivity contribution in [3.63, 3.8) is 0 Å². The van der Waals surface area contributed by atoms with Crippen LogP contribution >= 0.6 is 0 Å². The SMILES string of the molecule is CNc1cc(N2CCCC2CNc2ncnc3c(F)cccc23)ncn1. The quantitative estimate of drug-likeness (QED) is 0.730. The maximum absolute atomic E-state index is 13.9. The molecular weight excluding hydrogens is 333 g/mol. The van der Waals surface area contributed by atoms with Gasteiger partial charge >= 0.3 is 0 Å². The number of hydrogen-bond donors (Lipinski definition) is 2. The molecule has 4 rings (SSSR count). The first-order valence-electron chi connectivity index (χ1n) is 8.66. The zero-order valence-electron chi connectivity index (χ0n) is 14.5. The van der Waals surface area contributed by atoms with Crippen LogP contribution in [0.3, 0.4) is 0 Å². The molecule has 0 saturated carbocycles. The molecule has 1 fully saturated rings. The molecule has 2 aromatic heterocycles. The van der Waals surface area contributed by atoms with E-state index in [2.05, 4.69) is 35.5 Å². The molecule has 3 aromatic rings. The van der Waals surface area contributed by atoms with Crippen LogP contribution in [-0.2, 0) is 0 Å². The second kappa shape index (κ2) is 7.07. The number of aromatic nitrogens is 4. The minimum Gasteiger partial charge on any atom is -0.373 e. The van der Waals surface area contributed by atoms with Crippen LogP contribution in [0, 0.1) is 5.82 Å². The summed E-state index contributed by atoms with van der Waals surface area (Å²) in [6, 6.07) is 7.15. The van der Waals surface area contributed by atoms with Crippen molar-refractivity contribution in [3.05, 3.63) is 42.7 Å². The highest BCUT2D eigenvalue weighted by Gasteiger charge is 2.26. The van der Waals surface area contributed by atoms with E-state index in [4.69, 9.17) is 0 Å². The molecule has 0 amide bonds. The van der Waals surface area contributed by atoms with Crippen molar-refractivity contribution in [3.8, 4) is 0 Å². The van der Waals surface area contributed by atoms with Gasteiger partial charge in [0.2, 0.25) is 0 Å². The van der Waals surface area contributed by atoms with E-state index in [1.807, 2.05) is 19.2 Å². The molecule has 26 heavy (non-hydrogen) atoms. The van der Waals surface area contributed by atoms with Crippen molar-refractivity contribution in [1.82, 2.24) is 19.9 Å². The predicted octanol–water partition coefficient (Wildman–Crippen LogP) is 2.68. The third-order valence-electron chi connectivity index (χ3n) is 4.70. The van der Waals surface area contributed by atoms with Gasteiger partial charge in [0.15, 0.2) is 0 Å². The van der Waals surface area contributed by atoms with Crippen LogP contribution in [0.1, 0.15) is 12.8 Å². The Hall–Kier alpha value is -3.03. The van der Waals surface area contributed by atoms with Crippen molar-refractivity contribution in [1.29, 1.82) is 0 Å². The highest BCUT2D eigenvalue weighted by atomic mass is 19.1. The number of fused-ring (bicyclic) bond motifs is 1. The zero-order chi connectivity index (χ0) is 17.9. The maximum atomic E-state index is 13.9. The van der Waals surface area contributed by atoms with Crippen LogP contribution in [0.15, 0.2) is 36.9 Å². The summed E-state index contributed by atoms with van der Waals surface area (Å²) in [6.45, 7) is 1.65. The average molecular weight is 353 g/mol. The second-order valence-electron chi connectivity index (χ2n) is 6.24. The molecule has 8 heteroatoms. The van der Waals surface area contributed by atoms with Crippen LogP contribution in [-0.4, -0.2) is 46.1 Å². The molecule has 2 N–H and O–H groups in total. The predicted molar refractivity (Wildman–Crippen MR) is 99.9 cm³/mol. The van der Waals surface area contributed by atoms with E-state index >= 15 is 0 Å². The summed E-state index contributed by atoms with van der Waals surface area (Å²) >= 11 is 0. The molecule has 0 spiro atoms. The zero-order valence-corrected chi connectivity index (χ0v) is 14.5. The summed E-state index contributed by atoms with van der Waals surface area (Å²) < 4.78 is 13.9. The average Bonchev–Trinajstić information content (AvgIpc) is 3.15. The first kappa shape index (κ1) is 16.4. The minimum atomic E-state index is -0.337. The van der Waals surface area contributed by atoms with Gasteiger partial charge in [-0.05, 0) is 25.0 Å². The number of nitrogens with zero attached hydrogens (tertiary/aromatic N) is 5. The first-order chi connectivity index (χ1) is 12.8. The molecular formula is C18H20FN7. The minimum absolute atomic E-state index is 0.285. The molecule has 1 atom stereocenters. The number of hydrogen-bond acceptors (Lipinski definition) is 7. The molecule has 1 unspecified atom stereocenters. The summed E-state index contributed by atoms with van der Waals surface area (Å²) in [6.07, 6.45) is 5.13. The standard InChI is InChI=1S/C18H20FN7/c1-20-15-8-16(23-10-22-15)26-7-3-4-12(26)9-21-18-13-5-2-6-14(19)17(13)24-11-25-18/h2,5-6,8,10-12H,3-4,7,9H2,1H3,(H,20,22,23)(H,21,24,25). The molecule has 0 radical (unpaired) electrons. The summed E-state index contributed by atoms with van der Waals surface area (Å²) in [5.74, 6) is 2.02. The Morgan fingerprint density at radius 3 is 2.96 bits per heavy atom. The highest BCUT2D eigenvalue weighted by molar-refractivity contribution is 5.89. The van der Waals surface area contributed by atoms with Crippen molar-refractivity contribution in [2.45, 2.75) is 18.9 Å². The van der Waals surface area contributed by atoms with Crippen molar-refractivity contribution >= 4 is 28.4 Å². The monoisotopic (exact) mass is 353 g/mol. The molecule has 1 aliphatic rings. The van der Waals surface area contributed by atoms with Gasteiger partial charge in [-0.1, -0.05) is 6.07 Å². The summed E-state index contributed by atoms with van der Waals surface area (Å²) in [5.41, 5.74) is 0.336. The van der Waals surface area contributed by atoms with Crippen LogP contribution in [0.5, 0.6) is 0 Å². The van der Waals surface area contributed by atoms with Gasteiger partial charge in [0.05, 0.1) is 0 Å². The van der Waals surface area contributed by atoms with E-state index in [-0.39, 0.29) is 11.9 Å². The Balaban J connectivity index is 1.53. The largest absolute Gasteiger partial charge is 0.373 e. The summed E-state index contributed by atoms with van der Waals surface area (Å²) in [4.78, 5) is 19.2. The van der Waals surface area contributed by atoms with Gasteiger partial charge in [-0.2, -0.15) is 0 Å². The lowest BCUT2D eigenvalue weighted by atomic mass is 10.2. The molecule has 3 heterocycles. The first-order valence-corrected chi connectivity index (χ1v) is 8.66. The number of para-hydroxylation sites is 1. The lowest BCUT2D eigenvalue weighted by Gasteiger charge is -2.26. The molecule has 1 saturated heterocycles. The second-order valence-corrected chi connectivity index (χ2v) is 6.24. The van der Waals surface area contributed by atoms with E-state index in [1.54, 1.807) is 12.4 Å². The Morgan fingerprint density at radius 2 is 2.08 bits per heavy atom. The van der Waals surface area contributed by atoms with Crippen molar-refractivity contribution in [2.24, 2.45) is 0 Å². The topological polar surface area (TPSA) is 78.9 Å². The fraction of sp³-hybridized carbons (Fsp3) is 0.333. The summed E-state index contributed by atoms with van der Waals surface area (Å²) in [7, 11) is 1.84. The van der Waals surface area contributed by atoms with Gasteiger partial charge < -0.3 is 15.5 Å². The lowest BCUT2D eigenvalue weighted by molar-refractivity contribution is 0.636. The van der Waals surface area contributed by atoms with Crippen molar-refractivity contribution in [2.75, 3.05) is 35.7 Å². The molecule has 1 aliphatic heterocycles. The Morgan fingerprint density at radius 1 is 1.19 bits per heavy atom. The third-order valence-corrected chi connectivity index (χ3v) is 4.70. The maximum Gasteiger partial charge on any atom is 0.149 e. The molecule has 7 nitrogen and oxygen atoms in total. The smallest absolute Gasteiger partial charge is 0.149 e. The van der Waals surface area contributed by atoms with Crippen LogP contribution in [0.25, 0.3) is 10.9 Å². The normalized spacial score (nSPS) is 16.8. The Bertz CT molecular complexity index is 917. The molecule has 0 bridgehead atoms. The number of nitrogens with one attached hydrogen (secondary N) is 2. The van der Waals surface area contributed by atoms with Gasteiger partial charge in [-0.3, -0.25) is 0 Å². The number of rotatable bonds is 5. The van der Waals surface area contributed by atoms with Crippen LogP contribution in [0.4, 0.5) is 21.8 Å². The highest BCUT2D eigenvalue weighted by Crippen LogP contribution is 2.26. The Labute approximate surface area is 150 Å². The van der Waals surface area contributed by atoms with E-state index in [0.29, 0.717) is 23.3 Å². The van der Waals surface area contributed by atoms with E-state index in [0.717, 1.165) is 31.0 Å². The van der Waals surface area contributed by atoms with E-state index < -0.39 is 0 Å². The Kier molecular flexibility index (Phi) is 4.47. The number of anilines is 3. The molecule has 1 aromatic carbocycles. The van der Waals surface area contributed by atoms with Gasteiger partial charge in [-0.25, -0.2) is 24.3 Å². The van der Waals surface area contributed by atoms with Gasteiger partial charge in [-0.15, -0.1) is 0 Å². The van der Waals surface area contributed by atoms with Crippen LogP contribution in [0.2, 0.25) is 0 Å². The third kappa shape index (κ3) is 3.10. The summed E-state index contributed by atoms with van der Waals surface area (Å²) in [5, 5.41) is 7.10. The van der Waals surface area contributed by atoms with Crippen molar-refractivity contribution < 1.29 is 4.39 Å². The van der Waals surface area contributed by atoms with Crippen LogP contribution < -0.4 is 15.5 Å². The fourth-order valence-corrected chi connectivity index (χ4v) is 3.40. The number of benzene rings is 1. The fourth-order valence-electron chi connectivity index (χ4n) is 3.40. The van der Waals surface area contributed by atoms with Gasteiger partial charge in [0.1, 0.15) is 41.4 Å². The van der Waals surface area contributed by atoms with E-state index in [9.17, 15) is 4.39 Å². The number of halogens is 1. The lowest BCUT2D eigenvalue weighted by Crippen LogP contribution is -2.35.